The highest BCUT2D eigenvalue weighted by Crippen LogP contribution is 2.29. The third-order valence-electron chi connectivity index (χ3n) is 6.04. The van der Waals surface area contributed by atoms with Crippen LogP contribution in [0.3, 0.4) is 0 Å². The van der Waals surface area contributed by atoms with Gasteiger partial charge in [0.2, 0.25) is 5.95 Å². The van der Waals surface area contributed by atoms with Gasteiger partial charge >= 0.3 is 0 Å². The third kappa shape index (κ3) is 5.47. The molecule has 184 valence electrons. The number of hydrogen-bond donors (Lipinski definition) is 2. The van der Waals surface area contributed by atoms with Crippen molar-refractivity contribution in [3.63, 3.8) is 0 Å². The van der Waals surface area contributed by atoms with Crippen LogP contribution in [-0.2, 0) is 4.74 Å². The summed E-state index contributed by atoms with van der Waals surface area (Å²) >= 11 is 0. The second-order valence-electron chi connectivity index (χ2n) is 9.99. The average molecular weight is 482 g/mol. The van der Waals surface area contributed by atoms with Gasteiger partial charge in [-0.25, -0.2) is 9.97 Å². The number of carbonyl (C=O) groups excluding carboxylic acids is 1. The number of rotatable bonds is 5. The summed E-state index contributed by atoms with van der Waals surface area (Å²) in [6, 6.07) is 22.0. The first kappa shape index (κ1) is 23.8. The molecule has 1 aromatic heterocycles. The van der Waals surface area contributed by atoms with Gasteiger partial charge in [0.05, 0.1) is 18.7 Å². The normalized spacial score (nSPS) is 14.0. The number of ether oxygens (including phenoxy) is 1. The molecule has 5 rings (SSSR count). The summed E-state index contributed by atoms with van der Waals surface area (Å²) in [6.07, 6.45) is 1.84. The number of nitrogens with zero attached hydrogens (tertiary/aromatic N) is 3. The summed E-state index contributed by atoms with van der Waals surface area (Å²) in [7, 11) is 0. The predicted molar refractivity (Wildman–Crippen MR) is 145 cm³/mol. The van der Waals surface area contributed by atoms with Gasteiger partial charge in [0, 0.05) is 52.7 Å². The molecule has 1 fully saturated rings. The zero-order valence-electron chi connectivity index (χ0n) is 20.9. The molecule has 1 amide bonds. The minimum atomic E-state index is -0.284. The molecule has 1 aliphatic heterocycles. The molecule has 0 spiro atoms. The smallest absolute Gasteiger partial charge is 0.251 e. The van der Waals surface area contributed by atoms with E-state index in [1.54, 1.807) is 0 Å². The number of aromatic nitrogens is 2. The molecule has 0 bridgehead atoms. The number of nitrogens with one attached hydrogen (secondary N) is 2. The molecule has 0 unspecified atom stereocenters. The first-order valence-electron chi connectivity index (χ1n) is 12.2. The lowest BCUT2D eigenvalue weighted by molar-refractivity contribution is 0.0919. The van der Waals surface area contributed by atoms with Crippen LogP contribution in [0, 0.1) is 0 Å². The Kier molecular flexibility index (Phi) is 6.57. The van der Waals surface area contributed by atoms with Gasteiger partial charge in [-0.2, -0.15) is 0 Å². The second-order valence-corrected chi connectivity index (χ2v) is 9.99. The Bertz CT molecular complexity index is 1370. The zero-order valence-corrected chi connectivity index (χ0v) is 20.9. The summed E-state index contributed by atoms with van der Waals surface area (Å²) < 4.78 is 5.48. The Morgan fingerprint density at radius 1 is 0.972 bits per heavy atom. The molecule has 7 nitrogen and oxygen atoms in total. The monoisotopic (exact) mass is 481 g/mol. The molecule has 0 aliphatic carbocycles. The van der Waals surface area contributed by atoms with E-state index in [0.29, 0.717) is 11.5 Å². The summed E-state index contributed by atoms with van der Waals surface area (Å²) in [5.41, 5.74) is 5.27. The van der Waals surface area contributed by atoms with Gasteiger partial charge in [0.1, 0.15) is 0 Å². The van der Waals surface area contributed by atoms with E-state index < -0.39 is 0 Å². The summed E-state index contributed by atoms with van der Waals surface area (Å²) in [4.78, 5) is 24.2. The Balaban J connectivity index is 1.41. The van der Waals surface area contributed by atoms with Crippen LogP contribution in [0.1, 0.15) is 31.1 Å². The Hall–Kier alpha value is -3.97. The van der Waals surface area contributed by atoms with E-state index in [1.807, 2.05) is 81.6 Å². The molecule has 3 aromatic carbocycles. The number of fused-ring (bicyclic) bond motifs is 1. The van der Waals surface area contributed by atoms with E-state index in [-0.39, 0.29) is 11.4 Å². The predicted octanol–water partition coefficient (Wildman–Crippen LogP) is 5.41. The number of hydrogen-bond acceptors (Lipinski definition) is 6. The van der Waals surface area contributed by atoms with Crippen molar-refractivity contribution in [1.29, 1.82) is 0 Å². The third-order valence-corrected chi connectivity index (χ3v) is 6.04. The van der Waals surface area contributed by atoms with Crippen molar-refractivity contribution in [2.24, 2.45) is 0 Å². The van der Waals surface area contributed by atoms with Crippen LogP contribution in [0.15, 0.2) is 72.9 Å². The van der Waals surface area contributed by atoms with E-state index in [1.165, 1.54) is 0 Å². The lowest BCUT2D eigenvalue weighted by Gasteiger charge is -2.29. The highest BCUT2D eigenvalue weighted by Gasteiger charge is 2.16. The first-order chi connectivity index (χ1) is 17.4. The highest BCUT2D eigenvalue weighted by atomic mass is 16.5. The maximum Gasteiger partial charge on any atom is 0.251 e. The molecule has 4 aromatic rings. The molecule has 7 heteroatoms. The van der Waals surface area contributed by atoms with E-state index in [4.69, 9.17) is 9.72 Å². The van der Waals surface area contributed by atoms with Crippen LogP contribution >= 0.6 is 0 Å². The Labute approximate surface area is 211 Å². The SMILES string of the molecule is CC(C)(C)NC(=O)c1ccc(-c2cccc3cnc(Nc4cccc(N5CCOCC5)c4)nc23)cc1. The molecule has 0 radical (unpaired) electrons. The topological polar surface area (TPSA) is 79.4 Å². The standard InChI is InChI=1S/C29H31N5O2/c1-29(2,3)33-27(35)21-12-10-20(11-13-21)25-9-4-6-22-19-30-28(32-26(22)25)31-23-7-5-8-24(18-23)34-14-16-36-17-15-34/h4-13,18-19H,14-17H2,1-3H3,(H,33,35)(H,30,31,32). The summed E-state index contributed by atoms with van der Waals surface area (Å²) in [5, 5.41) is 7.32. The van der Waals surface area contributed by atoms with Crippen molar-refractivity contribution in [2.45, 2.75) is 26.3 Å². The molecule has 36 heavy (non-hydrogen) atoms. The van der Waals surface area contributed by atoms with Crippen molar-refractivity contribution >= 4 is 34.1 Å². The fourth-order valence-corrected chi connectivity index (χ4v) is 4.29. The van der Waals surface area contributed by atoms with Crippen LogP contribution in [0.2, 0.25) is 0 Å². The fraction of sp³-hybridized carbons (Fsp3) is 0.276. The maximum atomic E-state index is 12.5. The van der Waals surface area contributed by atoms with Crippen LogP contribution < -0.4 is 15.5 Å². The molecule has 2 heterocycles. The second kappa shape index (κ2) is 9.95. The number of amides is 1. The summed E-state index contributed by atoms with van der Waals surface area (Å²) in [6.45, 7) is 9.18. The van der Waals surface area contributed by atoms with Gasteiger partial charge in [0.15, 0.2) is 0 Å². The van der Waals surface area contributed by atoms with Gasteiger partial charge in [-0.05, 0) is 56.7 Å². The maximum absolute atomic E-state index is 12.5. The van der Waals surface area contributed by atoms with Crippen molar-refractivity contribution in [2.75, 3.05) is 36.5 Å². The van der Waals surface area contributed by atoms with Gasteiger partial charge in [-0.3, -0.25) is 4.79 Å². The first-order valence-corrected chi connectivity index (χ1v) is 12.2. The number of morpholine rings is 1. The van der Waals surface area contributed by atoms with Crippen molar-refractivity contribution < 1.29 is 9.53 Å². The highest BCUT2D eigenvalue weighted by molar-refractivity contribution is 5.97. The minimum Gasteiger partial charge on any atom is -0.378 e. The lowest BCUT2D eigenvalue weighted by atomic mass is 10.0. The number of para-hydroxylation sites is 1. The van der Waals surface area contributed by atoms with E-state index in [9.17, 15) is 4.79 Å². The lowest BCUT2D eigenvalue weighted by Crippen LogP contribution is -2.40. The van der Waals surface area contributed by atoms with Gasteiger partial charge in [-0.1, -0.05) is 36.4 Å². The average Bonchev–Trinajstić information content (AvgIpc) is 2.88. The molecule has 2 N–H and O–H groups in total. The fourth-order valence-electron chi connectivity index (χ4n) is 4.29. The quantitative estimate of drug-likeness (QED) is 0.397. The Morgan fingerprint density at radius 2 is 1.72 bits per heavy atom. The van der Waals surface area contributed by atoms with Gasteiger partial charge < -0.3 is 20.3 Å². The van der Waals surface area contributed by atoms with Gasteiger partial charge in [0.25, 0.3) is 5.91 Å². The van der Waals surface area contributed by atoms with Crippen LogP contribution in [-0.4, -0.2) is 47.7 Å². The molecule has 1 saturated heterocycles. The molecular weight excluding hydrogens is 450 g/mol. The van der Waals surface area contributed by atoms with Gasteiger partial charge in [-0.15, -0.1) is 0 Å². The minimum absolute atomic E-state index is 0.0832. The van der Waals surface area contributed by atoms with Crippen molar-refractivity contribution in [3.8, 4) is 11.1 Å². The van der Waals surface area contributed by atoms with E-state index in [2.05, 4.69) is 32.7 Å². The number of anilines is 3. The van der Waals surface area contributed by atoms with Crippen LogP contribution in [0.25, 0.3) is 22.0 Å². The molecule has 0 saturated carbocycles. The van der Waals surface area contributed by atoms with E-state index >= 15 is 0 Å². The van der Waals surface area contributed by atoms with Crippen LogP contribution in [0.4, 0.5) is 17.3 Å². The number of benzene rings is 3. The number of carbonyl (C=O) groups is 1. The molecular formula is C29H31N5O2. The molecule has 0 atom stereocenters. The molecule has 1 aliphatic rings. The summed E-state index contributed by atoms with van der Waals surface area (Å²) in [5.74, 6) is 0.454. The van der Waals surface area contributed by atoms with Crippen LogP contribution in [0.5, 0.6) is 0 Å². The van der Waals surface area contributed by atoms with E-state index in [0.717, 1.165) is 59.7 Å². The largest absolute Gasteiger partial charge is 0.378 e. The Morgan fingerprint density at radius 3 is 2.47 bits per heavy atom. The van der Waals surface area contributed by atoms with Crippen molar-refractivity contribution in [3.05, 3.63) is 78.5 Å². The zero-order chi connectivity index (χ0) is 25.1. The van der Waals surface area contributed by atoms with Crippen molar-refractivity contribution in [1.82, 2.24) is 15.3 Å².